The van der Waals surface area contributed by atoms with Gasteiger partial charge in [-0.1, -0.05) is 6.92 Å². The quantitative estimate of drug-likeness (QED) is 0.453. The molecule has 1 N–H and O–H groups in total. The zero-order valence-electron chi connectivity index (χ0n) is 7.53. The van der Waals surface area contributed by atoms with Crippen LogP contribution in [-0.4, -0.2) is 37.6 Å². The van der Waals surface area contributed by atoms with E-state index in [0.29, 0.717) is 12.8 Å². The smallest absolute Gasteiger partial charge is 0.268 e. The molecule has 0 bridgehead atoms. The molecule has 2 amide bonds. The highest BCUT2D eigenvalue weighted by Gasteiger charge is 2.18. The van der Waals surface area contributed by atoms with Crippen molar-refractivity contribution in [1.82, 2.24) is 10.4 Å². The molecule has 70 valence electrons. The van der Waals surface area contributed by atoms with Crippen LogP contribution in [0.15, 0.2) is 0 Å². The van der Waals surface area contributed by atoms with Crippen molar-refractivity contribution < 1.29 is 14.4 Å². The van der Waals surface area contributed by atoms with Crippen molar-refractivity contribution in [3.05, 3.63) is 0 Å². The molecule has 0 aromatic carbocycles. The Hall–Kier alpha value is -1.10. The number of carbonyl (C=O) groups is 2. The molecule has 0 unspecified atom stereocenters. The van der Waals surface area contributed by atoms with Crippen LogP contribution in [0.1, 0.15) is 13.3 Å². The third kappa shape index (κ3) is 2.87. The minimum atomic E-state index is -0.493. The standard InChI is InChI=1S/C7H14N2O3/c1-4-6(8-5-10)7(11)9(2)12-3/h5-6H,4H2,1-3H3,(H,8,10)/t6-/m0/s1. The summed E-state index contributed by atoms with van der Waals surface area (Å²) in [7, 11) is 2.89. The van der Waals surface area contributed by atoms with Crippen molar-refractivity contribution in [3.8, 4) is 0 Å². The number of amides is 2. The summed E-state index contributed by atoms with van der Waals surface area (Å²) < 4.78 is 0. The molecule has 0 aromatic rings. The zero-order valence-corrected chi connectivity index (χ0v) is 7.53. The molecule has 12 heavy (non-hydrogen) atoms. The zero-order chi connectivity index (χ0) is 9.56. The van der Waals surface area contributed by atoms with Crippen molar-refractivity contribution in [1.29, 1.82) is 0 Å². The van der Waals surface area contributed by atoms with Gasteiger partial charge >= 0.3 is 0 Å². The van der Waals surface area contributed by atoms with Crippen LogP contribution in [0, 0.1) is 0 Å². The first-order valence-electron chi connectivity index (χ1n) is 3.68. The summed E-state index contributed by atoms with van der Waals surface area (Å²) in [6, 6.07) is -0.493. The normalized spacial score (nSPS) is 11.9. The van der Waals surface area contributed by atoms with E-state index in [4.69, 9.17) is 0 Å². The molecule has 0 fully saturated rings. The van der Waals surface area contributed by atoms with Gasteiger partial charge in [0, 0.05) is 7.05 Å². The highest BCUT2D eigenvalue weighted by Crippen LogP contribution is 1.95. The summed E-state index contributed by atoms with van der Waals surface area (Å²) in [6.07, 6.45) is 1.06. The second kappa shape index (κ2) is 5.54. The third-order valence-corrected chi connectivity index (χ3v) is 1.56. The van der Waals surface area contributed by atoms with Crippen LogP contribution >= 0.6 is 0 Å². The first-order valence-corrected chi connectivity index (χ1v) is 3.68. The number of hydrogen-bond acceptors (Lipinski definition) is 3. The Labute approximate surface area is 71.6 Å². The lowest BCUT2D eigenvalue weighted by Crippen LogP contribution is -2.43. The van der Waals surface area contributed by atoms with Crippen LogP contribution in [0.3, 0.4) is 0 Å². The maximum atomic E-state index is 11.3. The Balaban J connectivity index is 4.10. The molecule has 1 atom stereocenters. The van der Waals surface area contributed by atoms with E-state index in [-0.39, 0.29) is 5.91 Å². The Morgan fingerprint density at radius 3 is 2.67 bits per heavy atom. The maximum Gasteiger partial charge on any atom is 0.268 e. The second-order valence-corrected chi connectivity index (χ2v) is 2.26. The van der Waals surface area contributed by atoms with Gasteiger partial charge in [0.15, 0.2) is 0 Å². The van der Waals surface area contributed by atoms with Crippen molar-refractivity contribution in [2.75, 3.05) is 14.2 Å². The molecule has 5 heteroatoms. The summed E-state index contributed by atoms with van der Waals surface area (Å²) >= 11 is 0. The Morgan fingerprint density at radius 2 is 2.33 bits per heavy atom. The molecule has 0 aliphatic heterocycles. The fourth-order valence-electron chi connectivity index (χ4n) is 0.755. The summed E-state index contributed by atoms with van der Waals surface area (Å²) in [5.41, 5.74) is 0. The number of nitrogens with one attached hydrogen (secondary N) is 1. The average Bonchev–Trinajstić information content (AvgIpc) is 2.11. The lowest BCUT2D eigenvalue weighted by atomic mass is 10.2. The van der Waals surface area contributed by atoms with Gasteiger partial charge in [-0.15, -0.1) is 0 Å². The van der Waals surface area contributed by atoms with Crippen LogP contribution in [0.4, 0.5) is 0 Å². The number of carbonyl (C=O) groups excluding carboxylic acids is 2. The molecular formula is C7H14N2O3. The Kier molecular flexibility index (Phi) is 5.03. The SMILES string of the molecule is CC[C@H](NC=O)C(=O)N(C)OC. The molecule has 0 rings (SSSR count). The molecule has 0 saturated carbocycles. The average molecular weight is 174 g/mol. The predicted octanol–water partition coefficient (Wildman–Crippen LogP) is -0.469. The maximum absolute atomic E-state index is 11.3. The minimum absolute atomic E-state index is 0.257. The second-order valence-electron chi connectivity index (χ2n) is 2.26. The molecule has 0 radical (unpaired) electrons. The van der Waals surface area contributed by atoms with Crippen LogP contribution in [-0.2, 0) is 14.4 Å². The number of hydrogen-bond donors (Lipinski definition) is 1. The molecule has 5 nitrogen and oxygen atoms in total. The summed E-state index contributed by atoms with van der Waals surface area (Å²) in [4.78, 5) is 26.0. The lowest BCUT2D eigenvalue weighted by molar-refractivity contribution is -0.171. The van der Waals surface area contributed by atoms with Gasteiger partial charge in [-0.25, -0.2) is 5.06 Å². The topological polar surface area (TPSA) is 58.6 Å². The van der Waals surface area contributed by atoms with Gasteiger partial charge < -0.3 is 5.32 Å². The minimum Gasteiger partial charge on any atom is -0.347 e. The molecule has 0 aliphatic rings. The molecule has 0 spiro atoms. The monoisotopic (exact) mass is 174 g/mol. The van der Waals surface area contributed by atoms with Crippen molar-refractivity contribution in [3.63, 3.8) is 0 Å². The van der Waals surface area contributed by atoms with Gasteiger partial charge in [0.2, 0.25) is 6.41 Å². The van der Waals surface area contributed by atoms with E-state index in [1.165, 1.54) is 14.2 Å². The predicted molar refractivity (Wildman–Crippen MR) is 43.1 cm³/mol. The van der Waals surface area contributed by atoms with Crippen LogP contribution < -0.4 is 5.32 Å². The highest BCUT2D eigenvalue weighted by atomic mass is 16.7. The van der Waals surface area contributed by atoms with E-state index < -0.39 is 6.04 Å². The summed E-state index contributed by atoms with van der Waals surface area (Å²) in [5, 5.41) is 3.48. The van der Waals surface area contributed by atoms with Gasteiger partial charge in [-0.05, 0) is 6.42 Å². The Morgan fingerprint density at radius 1 is 1.75 bits per heavy atom. The highest BCUT2D eigenvalue weighted by molar-refractivity contribution is 5.82. The fraction of sp³-hybridized carbons (Fsp3) is 0.714. The molecule has 0 saturated heterocycles. The van der Waals surface area contributed by atoms with E-state index >= 15 is 0 Å². The van der Waals surface area contributed by atoms with E-state index in [9.17, 15) is 9.59 Å². The van der Waals surface area contributed by atoms with Crippen LogP contribution in [0.5, 0.6) is 0 Å². The van der Waals surface area contributed by atoms with E-state index in [0.717, 1.165) is 5.06 Å². The number of nitrogens with zero attached hydrogens (tertiary/aromatic N) is 1. The lowest BCUT2D eigenvalue weighted by Gasteiger charge is -2.19. The molecular weight excluding hydrogens is 160 g/mol. The Bertz CT molecular complexity index is 161. The number of hydroxylamine groups is 2. The number of likely N-dealkylation sites (N-methyl/N-ethyl adjacent to an activating group) is 1. The van der Waals surface area contributed by atoms with E-state index in [1.807, 2.05) is 6.92 Å². The van der Waals surface area contributed by atoms with Crippen LogP contribution in [0.2, 0.25) is 0 Å². The van der Waals surface area contributed by atoms with E-state index in [1.54, 1.807) is 0 Å². The van der Waals surface area contributed by atoms with Gasteiger partial charge in [0.1, 0.15) is 6.04 Å². The summed E-state index contributed by atoms with van der Waals surface area (Å²) in [5.74, 6) is -0.257. The molecule has 0 heterocycles. The first kappa shape index (κ1) is 10.9. The molecule has 0 aliphatic carbocycles. The van der Waals surface area contributed by atoms with Crippen molar-refractivity contribution >= 4 is 12.3 Å². The van der Waals surface area contributed by atoms with Crippen LogP contribution in [0.25, 0.3) is 0 Å². The van der Waals surface area contributed by atoms with E-state index in [2.05, 4.69) is 10.2 Å². The van der Waals surface area contributed by atoms with Gasteiger partial charge in [0.05, 0.1) is 7.11 Å². The number of rotatable bonds is 5. The molecule has 0 aromatic heterocycles. The van der Waals surface area contributed by atoms with Crippen molar-refractivity contribution in [2.45, 2.75) is 19.4 Å². The van der Waals surface area contributed by atoms with Gasteiger partial charge in [-0.2, -0.15) is 0 Å². The van der Waals surface area contributed by atoms with Crippen molar-refractivity contribution in [2.24, 2.45) is 0 Å². The summed E-state index contributed by atoms with van der Waals surface area (Å²) in [6.45, 7) is 1.81. The van der Waals surface area contributed by atoms with Gasteiger partial charge in [-0.3, -0.25) is 14.4 Å². The first-order chi connectivity index (χ1) is 5.67. The largest absolute Gasteiger partial charge is 0.347 e. The third-order valence-electron chi connectivity index (χ3n) is 1.56. The fourth-order valence-corrected chi connectivity index (χ4v) is 0.755. The van der Waals surface area contributed by atoms with Gasteiger partial charge in [0.25, 0.3) is 5.91 Å².